The number of hydrogen-bond donors (Lipinski definition) is 2. The average Bonchev–Trinajstić information content (AvgIpc) is 3.31. The Morgan fingerprint density at radius 2 is 2.08 bits per heavy atom. The molecule has 25 heavy (non-hydrogen) atoms. The summed E-state index contributed by atoms with van der Waals surface area (Å²) >= 11 is 0. The Hall–Kier alpha value is -2.16. The Balaban J connectivity index is 1.59. The number of carbonyl (C=O) groups is 1. The highest BCUT2D eigenvalue weighted by Gasteiger charge is 2.70. The molecule has 6 nitrogen and oxygen atoms in total. The van der Waals surface area contributed by atoms with Gasteiger partial charge in [0.15, 0.2) is 0 Å². The van der Waals surface area contributed by atoms with E-state index in [9.17, 15) is 18.0 Å². The molecule has 1 aromatic carbocycles. The van der Waals surface area contributed by atoms with E-state index >= 15 is 0 Å². The monoisotopic (exact) mass is 353 g/mol. The van der Waals surface area contributed by atoms with Crippen LogP contribution < -0.4 is 10.6 Å². The first-order valence-electron chi connectivity index (χ1n) is 8.32. The number of nitrogens with one attached hydrogen (secondary N) is 2. The number of rotatable bonds is 2. The van der Waals surface area contributed by atoms with Crippen LogP contribution in [-0.2, 0) is 6.54 Å². The number of alkyl halides is 3. The molecule has 2 N–H and O–H groups in total. The summed E-state index contributed by atoms with van der Waals surface area (Å²) < 4.78 is 39.9. The zero-order valence-electron chi connectivity index (χ0n) is 13.4. The van der Waals surface area contributed by atoms with E-state index in [0.29, 0.717) is 25.1 Å². The van der Waals surface area contributed by atoms with Crippen molar-refractivity contribution in [1.82, 2.24) is 10.2 Å². The predicted octanol–water partition coefficient (Wildman–Crippen LogP) is 2.53. The number of halogens is 3. The SMILES string of the molecule is O=C(c1ccc2c(c1)CNCCN2)N1CCCC1C1(C(F)(F)F)N=N1. The molecule has 3 aliphatic rings. The van der Waals surface area contributed by atoms with Gasteiger partial charge in [0.25, 0.3) is 5.91 Å². The normalized spacial score (nSPS) is 24.4. The lowest BCUT2D eigenvalue weighted by atomic mass is 10.00. The van der Waals surface area contributed by atoms with E-state index in [-0.39, 0.29) is 6.42 Å². The maximum absolute atomic E-state index is 13.3. The third kappa shape index (κ3) is 2.66. The fourth-order valence-corrected chi connectivity index (χ4v) is 3.64. The first-order valence-corrected chi connectivity index (χ1v) is 8.32. The summed E-state index contributed by atoms with van der Waals surface area (Å²) in [4.78, 5) is 14.1. The van der Waals surface area contributed by atoms with Gasteiger partial charge in [-0.3, -0.25) is 4.79 Å². The van der Waals surface area contributed by atoms with Gasteiger partial charge >= 0.3 is 11.8 Å². The molecule has 0 aliphatic carbocycles. The molecule has 0 spiro atoms. The third-order valence-electron chi connectivity index (χ3n) is 5.00. The molecule has 1 atom stereocenters. The first kappa shape index (κ1) is 16.3. The maximum atomic E-state index is 13.3. The Kier molecular flexibility index (Phi) is 3.71. The number of amides is 1. The van der Waals surface area contributed by atoms with Crippen molar-refractivity contribution in [3.63, 3.8) is 0 Å². The summed E-state index contributed by atoms with van der Waals surface area (Å²) in [5.74, 6) is -0.393. The highest BCUT2D eigenvalue weighted by Crippen LogP contribution is 2.51. The third-order valence-corrected chi connectivity index (χ3v) is 5.00. The average molecular weight is 353 g/mol. The van der Waals surface area contributed by atoms with Gasteiger partial charge in [-0.2, -0.15) is 13.2 Å². The van der Waals surface area contributed by atoms with Crippen LogP contribution in [0, 0.1) is 0 Å². The molecule has 1 saturated heterocycles. The Labute approximate surface area is 142 Å². The van der Waals surface area contributed by atoms with Crippen molar-refractivity contribution >= 4 is 11.6 Å². The standard InChI is InChI=1S/C16H18F3N5O/c17-16(18,19)15(22-23-15)13-2-1-7-24(13)14(25)10-3-4-12-11(8-10)9-20-5-6-21-12/h3-4,8,13,20-21H,1-2,5-7,9H2. The maximum Gasteiger partial charge on any atom is 0.439 e. The molecule has 0 bridgehead atoms. The van der Waals surface area contributed by atoms with E-state index in [1.807, 2.05) is 6.07 Å². The molecule has 1 unspecified atom stereocenters. The number of nitrogens with zero attached hydrogens (tertiary/aromatic N) is 3. The quantitative estimate of drug-likeness (QED) is 0.858. The van der Waals surface area contributed by atoms with Crippen LogP contribution >= 0.6 is 0 Å². The minimum absolute atomic E-state index is 0.256. The topological polar surface area (TPSA) is 69.1 Å². The number of fused-ring (bicyclic) bond motifs is 1. The molecular formula is C16H18F3N5O. The van der Waals surface area contributed by atoms with Crippen molar-refractivity contribution in [2.24, 2.45) is 10.2 Å². The second-order valence-electron chi connectivity index (χ2n) is 6.56. The molecule has 0 radical (unpaired) electrons. The van der Waals surface area contributed by atoms with Crippen molar-refractivity contribution in [1.29, 1.82) is 0 Å². The van der Waals surface area contributed by atoms with Gasteiger partial charge in [0.1, 0.15) is 0 Å². The van der Waals surface area contributed by atoms with Gasteiger partial charge in [0.05, 0.1) is 6.04 Å². The van der Waals surface area contributed by atoms with E-state index in [4.69, 9.17) is 0 Å². The molecule has 1 fully saturated rings. The molecule has 3 heterocycles. The van der Waals surface area contributed by atoms with Crippen molar-refractivity contribution < 1.29 is 18.0 Å². The predicted molar refractivity (Wildman–Crippen MR) is 84.3 cm³/mol. The molecule has 4 rings (SSSR count). The molecule has 3 aliphatic heterocycles. The first-order chi connectivity index (χ1) is 11.9. The second-order valence-corrected chi connectivity index (χ2v) is 6.56. The van der Waals surface area contributed by atoms with Gasteiger partial charge < -0.3 is 15.5 Å². The summed E-state index contributed by atoms with van der Waals surface area (Å²) in [5, 5.41) is 13.1. The van der Waals surface area contributed by atoms with Gasteiger partial charge in [-0.05, 0) is 36.6 Å². The minimum atomic E-state index is -4.57. The van der Waals surface area contributed by atoms with Crippen LogP contribution in [0.1, 0.15) is 28.8 Å². The van der Waals surface area contributed by atoms with Gasteiger partial charge in [0, 0.05) is 37.4 Å². The largest absolute Gasteiger partial charge is 0.439 e. The number of carbonyl (C=O) groups excluding carboxylic acids is 1. The second kappa shape index (κ2) is 5.69. The number of hydrogen-bond acceptors (Lipinski definition) is 5. The number of likely N-dealkylation sites (tertiary alicyclic amines) is 1. The van der Waals surface area contributed by atoms with Crippen LogP contribution in [0.15, 0.2) is 28.4 Å². The van der Waals surface area contributed by atoms with Crippen LogP contribution in [0.4, 0.5) is 18.9 Å². The van der Waals surface area contributed by atoms with E-state index < -0.39 is 23.8 Å². The summed E-state index contributed by atoms with van der Waals surface area (Å²) in [6.07, 6.45) is -3.79. The summed E-state index contributed by atoms with van der Waals surface area (Å²) in [6, 6.07) is 4.18. The molecule has 0 aromatic heterocycles. The minimum Gasteiger partial charge on any atom is -0.384 e. The number of benzene rings is 1. The fourth-order valence-electron chi connectivity index (χ4n) is 3.64. The van der Waals surface area contributed by atoms with E-state index in [2.05, 4.69) is 20.9 Å². The zero-order valence-corrected chi connectivity index (χ0v) is 13.4. The molecule has 1 amide bonds. The van der Waals surface area contributed by atoms with Crippen LogP contribution in [0.3, 0.4) is 0 Å². The van der Waals surface area contributed by atoms with Crippen LogP contribution in [0.25, 0.3) is 0 Å². The lowest BCUT2D eigenvalue weighted by Crippen LogP contribution is -2.52. The Morgan fingerprint density at radius 1 is 1.28 bits per heavy atom. The Bertz CT molecular complexity index is 727. The molecule has 134 valence electrons. The van der Waals surface area contributed by atoms with Crippen LogP contribution in [0.5, 0.6) is 0 Å². The molecular weight excluding hydrogens is 335 g/mol. The smallest absolute Gasteiger partial charge is 0.384 e. The van der Waals surface area contributed by atoms with E-state index in [0.717, 1.165) is 24.3 Å². The highest BCUT2D eigenvalue weighted by atomic mass is 19.4. The van der Waals surface area contributed by atoms with Crippen molar-refractivity contribution in [3.05, 3.63) is 29.3 Å². The van der Waals surface area contributed by atoms with Crippen molar-refractivity contribution in [2.45, 2.75) is 37.3 Å². The molecule has 1 aromatic rings. The van der Waals surface area contributed by atoms with Crippen molar-refractivity contribution in [3.8, 4) is 0 Å². The molecule has 0 saturated carbocycles. The summed E-state index contributed by atoms with van der Waals surface area (Å²) in [6.45, 7) is 2.50. The lowest BCUT2D eigenvalue weighted by molar-refractivity contribution is -0.175. The number of anilines is 1. The van der Waals surface area contributed by atoms with Crippen LogP contribution in [-0.4, -0.2) is 48.3 Å². The summed E-state index contributed by atoms with van der Waals surface area (Å²) in [5.41, 5.74) is -0.147. The van der Waals surface area contributed by atoms with Gasteiger partial charge in [0.2, 0.25) is 0 Å². The van der Waals surface area contributed by atoms with E-state index in [1.165, 1.54) is 4.90 Å². The summed E-state index contributed by atoms with van der Waals surface area (Å²) in [7, 11) is 0. The van der Waals surface area contributed by atoms with Gasteiger partial charge in [-0.1, -0.05) is 0 Å². The Morgan fingerprint density at radius 3 is 2.80 bits per heavy atom. The van der Waals surface area contributed by atoms with E-state index in [1.54, 1.807) is 12.1 Å². The zero-order chi connectivity index (χ0) is 17.7. The fraction of sp³-hybridized carbons (Fsp3) is 0.562. The lowest BCUT2D eigenvalue weighted by Gasteiger charge is -2.30. The van der Waals surface area contributed by atoms with Gasteiger partial charge in [-0.15, -0.1) is 10.2 Å². The van der Waals surface area contributed by atoms with Crippen molar-refractivity contribution in [2.75, 3.05) is 25.0 Å². The van der Waals surface area contributed by atoms with Crippen LogP contribution in [0.2, 0.25) is 0 Å². The highest BCUT2D eigenvalue weighted by molar-refractivity contribution is 5.95. The molecule has 9 heteroatoms. The van der Waals surface area contributed by atoms with Gasteiger partial charge in [-0.25, -0.2) is 0 Å².